The third-order valence-electron chi connectivity index (χ3n) is 3.02. The van der Waals surface area contributed by atoms with Gasteiger partial charge in [-0.2, -0.15) is 0 Å². The third kappa shape index (κ3) is 2.50. The third-order valence-corrected chi connectivity index (χ3v) is 3.02. The maximum Gasteiger partial charge on any atom is 0.181 e. The van der Waals surface area contributed by atoms with Gasteiger partial charge in [-0.05, 0) is 25.2 Å². The normalized spacial score (nSPS) is 21.5. The number of ketones is 1. The summed E-state index contributed by atoms with van der Waals surface area (Å²) in [6.07, 6.45) is 0. The number of likely N-dealkylation sites (N-methyl/N-ethyl adjacent to an activating group) is 1. The molecule has 5 heteroatoms. The summed E-state index contributed by atoms with van der Waals surface area (Å²) in [6, 6.07) is 2.95. The summed E-state index contributed by atoms with van der Waals surface area (Å²) in [7, 11) is 1.85. The highest BCUT2D eigenvalue weighted by atomic mass is 19.2. The van der Waals surface area contributed by atoms with E-state index in [2.05, 4.69) is 5.32 Å². The van der Waals surface area contributed by atoms with Crippen LogP contribution in [0.1, 0.15) is 10.4 Å². The van der Waals surface area contributed by atoms with Crippen LogP contribution in [0.2, 0.25) is 0 Å². The minimum Gasteiger partial charge on any atom is -0.313 e. The maximum absolute atomic E-state index is 13.0. The molecule has 0 bridgehead atoms. The van der Waals surface area contributed by atoms with Gasteiger partial charge in [0.05, 0.1) is 6.04 Å². The molecule has 1 atom stereocenters. The molecule has 0 amide bonds. The first-order chi connectivity index (χ1) is 8.09. The number of nitrogens with one attached hydrogen (secondary N) is 1. The molecular weight excluding hydrogens is 226 g/mol. The van der Waals surface area contributed by atoms with E-state index in [4.69, 9.17) is 0 Å². The Morgan fingerprint density at radius 2 is 2.18 bits per heavy atom. The molecule has 92 valence electrons. The first-order valence-electron chi connectivity index (χ1n) is 5.50. The summed E-state index contributed by atoms with van der Waals surface area (Å²) in [5.74, 6) is -2.10. The summed E-state index contributed by atoms with van der Waals surface area (Å²) < 4.78 is 25.8. The van der Waals surface area contributed by atoms with Crippen LogP contribution in [-0.4, -0.2) is 43.4 Å². The fraction of sp³-hybridized carbons (Fsp3) is 0.417. The Balaban J connectivity index is 2.21. The fourth-order valence-electron chi connectivity index (χ4n) is 1.94. The van der Waals surface area contributed by atoms with E-state index < -0.39 is 11.6 Å². The van der Waals surface area contributed by atoms with Gasteiger partial charge in [0.15, 0.2) is 17.4 Å². The van der Waals surface area contributed by atoms with Crippen molar-refractivity contribution >= 4 is 5.78 Å². The van der Waals surface area contributed by atoms with Crippen molar-refractivity contribution in [2.24, 2.45) is 0 Å². The SMILES string of the molecule is CN1CCNCC1C(=O)c1ccc(F)c(F)c1. The predicted octanol–water partition coefficient (Wildman–Crippen LogP) is 1.05. The summed E-state index contributed by atoms with van der Waals surface area (Å²) in [6.45, 7) is 2.13. The Bertz CT molecular complexity index is 437. The molecule has 0 spiro atoms. The Kier molecular flexibility index (Phi) is 3.49. The van der Waals surface area contributed by atoms with Gasteiger partial charge in [0.1, 0.15) is 0 Å². The molecule has 1 N–H and O–H groups in total. The van der Waals surface area contributed by atoms with Gasteiger partial charge >= 0.3 is 0 Å². The second kappa shape index (κ2) is 4.89. The lowest BCUT2D eigenvalue weighted by atomic mass is 10.0. The van der Waals surface area contributed by atoms with Crippen LogP contribution < -0.4 is 5.32 Å². The Morgan fingerprint density at radius 1 is 1.41 bits per heavy atom. The molecule has 1 saturated heterocycles. The van der Waals surface area contributed by atoms with Crippen molar-refractivity contribution in [3.8, 4) is 0 Å². The van der Waals surface area contributed by atoms with E-state index in [1.807, 2.05) is 11.9 Å². The zero-order chi connectivity index (χ0) is 12.4. The molecule has 1 aliphatic rings. The van der Waals surface area contributed by atoms with Crippen molar-refractivity contribution in [2.45, 2.75) is 6.04 Å². The number of hydrogen-bond donors (Lipinski definition) is 1. The molecule has 17 heavy (non-hydrogen) atoms. The number of Topliss-reactive ketones (excluding diaryl/α,β-unsaturated/α-hetero) is 1. The number of nitrogens with zero attached hydrogens (tertiary/aromatic N) is 1. The smallest absolute Gasteiger partial charge is 0.181 e. The van der Waals surface area contributed by atoms with E-state index in [9.17, 15) is 13.6 Å². The highest BCUT2D eigenvalue weighted by Gasteiger charge is 2.27. The van der Waals surface area contributed by atoms with Crippen LogP contribution in [0.3, 0.4) is 0 Å². The molecule has 1 aliphatic heterocycles. The molecule has 0 saturated carbocycles. The van der Waals surface area contributed by atoms with E-state index in [0.29, 0.717) is 6.54 Å². The molecule has 0 aliphatic carbocycles. The Morgan fingerprint density at radius 3 is 2.82 bits per heavy atom. The highest BCUT2D eigenvalue weighted by molar-refractivity contribution is 6.00. The number of halogens is 2. The molecular formula is C12H14F2N2O. The number of piperazine rings is 1. The molecule has 2 rings (SSSR count). The van der Waals surface area contributed by atoms with E-state index in [-0.39, 0.29) is 17.4 Å². The first kappa shape index (κ1) is 12.1. The molecule has 3 nitrogen and oxygen atoms in total. The minimum absolute atomic E-state index is 0.182. The van der Waals surface area contributed by atoms with E-state index >= 15 is 0 Å². The second-order valence-corrected chi connectivity index (χ2v) is 4.19. The van der Waals surface area contributed by atoms with E-state index in [1.54, 1.807) is 0 Å². The lowest BCUT2D eigenvalue weighted by Gasteiger charge is -2.31. The van der Waals surface area contributed by atoms with Crippen LogP contribution in [0.4, 0.5) is 8.78 Å². The minimum atomic E-state index is -0.984. The van der Waals surface area contributed by atoms with Gasteiger partial charge in [0, 0.05) is 25.2 Å². The van der Waals surface area contributed by atoms with Gasteiger partial charge < -0.3 is 5.32 Å². The fourth-order valence-corrected chi connectivity index (χ4v) is 1.94. The molecule has 0 radical (unpaired) electrons. The van der Waals surface area contributed by atoms with Crippen LogP contribution >= 0.6 is 0 Å². The first-order valence-corrected chi connectivity index (χ1v) is 5.50. The molecule has 1 heterocycles. The molecule has 1 aromatic carbocycles. The van der Waals surface area contributed by atoms with E-state index in [0.717, 1.165) is 25.2 Å². The molecule has 0 aromatic heterocycles. The summed E-state index contributed by atoms with van der Waals surface area (Å²) >= 11 is 0. The van der Waals surface area contributed by atoms with E-state index in [1.165, 1.54) is 6.07 Å². The number of carbonyl (C=O) groups is 1. The predicted molar refractivity (Wildman–Crippen MR) is 60.0 cm³/mol. The number of benzene rings is 1. The van der Waals surface area contributed by atoms with Crippen molar-refractivity contribution < 1.29 is 13.6 Å². The van der Waals surface area contributed by atoms with Crippen molar-refractivity contribution in [3.63, 3.8) is 0 Å². The highest BCUT2D eigenvalue weighted by Crippen LogP contribution is 2.13. The number of hydrogen-bond acceptors (Lipinski definition) is 3. The largest absolute Gasteiger partial charge is 0.313 e. The molecule has 1 unspecified atom stereocenters. The van der Waals surface area contributed by atoms with Crippen LogP contribution in [0.25, 0.3) is 0 Å². The number of carbonyl (C=O) groups excluding carboxylic acids is 1. The molecule has 1 fully saturated rings. The lowest BCUT2D eigenvalue weighted by molar-refractivity contribution is 0.0819. The summed E-state index contributed by atoms with van der Waals surface area (Å²) in [4.78, 5) is 14.0. The standard InChI is InChI=1S/C12H14F2N2O/c1-16-5-4-15-7-11(16)12(17)8-2-3-9(13)10(14)6-8/h2-3,6,11,15H,4-5,7H2,1H3. The molecule has 1 aromatic rings. The zero-order valence-electron chi connectivity index (χ0n) is 9.54. The van der Waals surface area contributed by atoms with Crippen LogP contribution in [-0.2, 0) is 0 Å². The lowest BCUT2D eigenvalue weighted by Crippen LogP contribution is -2.53. The summed E-state index contributed by atoms with van der Waals surface area (Å²) in [5, 5.41) is 3.11. The average molecular weight is 240 g/mol. The van der Waals surface area contributed by atoms with Gasteiger partial charge in [0.25, 0.3) is 0 Å². The monoisotopic (exact) mass is 240 g/mol. The zero-order valence-corrected chi connectivity index (χ0v) is 9.54. The number of rotatable bonds is 2. The van der Waals surface area contributed by atoms with Crippen LogP contribution in [0, 0.1) is 11.6 Å². The van der Waals surface area contributed by atoms with Crippen molar-refractivity contribution in [1.82, 2.24) is 10.2 Å². The van der Waals surface area contributed by atoms with Crippen LogP contribution in [0.15, 0.2) is 18.2 Å². The maximum atomic E-state index is 13.0. The van der Waals surface area contributed by atoms with Gasteiger partial charge in [0.2, 0.25) is 0 Å². The summed E-state index contributed by atoms with van der Waals surface area (Å²) in [5.41, 5.74) is 0.212. The van der Waals surface area contributed by atoms with Crippen LogP contribution in [0.5, 0.6) is 0 Å². The van der Waals surface area contributed by atoms with Gasteiger partial charge in [-0.1, -0.05) is 0 Å². The Labute approximate surface area is 98.4 Å². The van der Waals surface area contributed by atoms with Gasteiger partial charge in [-0.15, -0.1) is 0 Å². The topological polar surface area (TPSA) is 32.3 Å². The van der Waals surface area contributed by atoms with Gasteiger partial charge in [-0.25, -0.2) is 8.78 Å². The van der Waals surface area contributed by atoms with Crippen molar-refractivity contribution in [1.29, 1.82) is 0 Å². The van der Waals surface area contributed by atoms with Crippen molar-refractivity contribution in [3.05, 3.63) is 35.4 Å². The second-order valence-electron chi connectivity index (χ2n) is 4.19. The quantitative estimate of drug-likeness (QED) is 0.784. The average Bonchev–Trinajstić information content (AvgIpc) is 2.32. The van der Waals surface area contributed by atoms with Gasteiger partial charge in [-0.3, -0.25) is 9.69 Å². The van der Waals surface area contributed by atoms with Crippen molar-refractivity contribution in [2.75, 3.05) is 26.7 Å². The Hall–Kier alpha value is -1.33.